The average Bonchev–Trinajstić information content (AvgIpc) is 2.88. The fourth-order valence-electron chi connectivity index (χ4n) is 2.70. The third-order valence-electron chi connectivity index (χ3n) is 4.03. The second-order valence-electron chi connectivity index (χ2n) is 6.28. The summed E-state index contributed by atoms with van der Waals surface area (Å²) >= 11 is 6.17. The van der Waals surface area contributed by atoms with Crippen LogP contribution < -0.4 is 14.8 Å². The molecule has 2 aromatic rings. The second-order valence-corrected chi connectivity index (χ2v) is 6.69. The Morgan fingerprint density at radius 2 is 1.93 bits per heavy atom. The van der Waals surface area contributed by atoms with Crippen LogP contribution in [0.5, 0.6) is 11.5 Å². The SMILES string of the molecule is Cc1ccc(NC(=O)COC(=O)c2cc(Cl)c3c(c2)OCCCO3)c(C)c1. The van der Waals surface area contributed by atoms with Gasteiger partial charge in [0.1, 0.15) is 0 Å². The maximum atomic E-state index is 12.3. The highest BCUT2D eigenvalue weighted by Crippen LogP contribution is 2.38. The highest BCUT2D eigenvalue weighted by molar-refractivity contribution is 6.32. The molecule has 0 bridgehead atoms. The predicted molar refractivity (Wildman–Crippen MR) is 102 cm³/mol. The number of fused-ring (bicyclic) bond motifs is 1. The van der Waals surface area contributed by atoms with Crippen LogP contribution in [-0.2, 0) is 9.53 Å². The number of aryl methyl sites for hydroxylation is 2. The molecular formula is C20H20ClNO5. The zero-order valence-electron chi connectivity index (χ0n) is 15.1. The Bertz CT molecular complexity index is 881. The summed E-state index contributed by atoms with van der Waals surface area (Å²) in [6.45, 7) is 4.43. The van der Waals surface area contributed by atoms with E-state index in [2.05, 4.69) is 5.32 Å². The molecule has 3 rings (SSSR count). The molecule has 1 aliphatic rings. The summed E-state index contributed by atoms with van der Waals surface area (Å²) in [5.41, 5.74) is 2.91. The van der Waals surface area contributed by atoms with E-state index in [-0.39, 0.29) is 10.6 Å². The zero-order chi connectivity index (χ0) is 19.4. The molecule has 7 heteroatoms. The molecule has 27 heavy (non-hydrogen) atoms. The van der Waals surface area contributed by atoms with Crippen molar-refractivity contribution in [2.75, 3.05) is 25.1 Å². The Morgan fingerprint density at radius 1 is 1.15 bits per heavy atom. The maximum Gasteiger partial charge on any atom is 0.338 e. The van der Waals surface area contributed by atoms with Crippen molar-refractivity contribution >= 4 is 29.2 Å². The Balaban J connectivity index is 1.63. The number of benzene rings is 2. The third-order valence-corrected chi connectivity index (χ3v) is 4.31. The monoisotopic (exact) mass is 389 g/mol. The maximum absolute atomic E-state index is 12.3. The summed E-state index contributed by atoms with van der Waals surface area (Å²) in [6.07, 6.45) is 0.726. The van der Waals surface area contributed by atoms with E-state index in [0.29, 0.717) is 30.4 Å². The van der Waals surface area contributed by atoms with Crippen LogP contribution in [0.25, 0.3) is 0 Å². The molecule has 6 nitrogen and oxygen atoms in total. The predicted octanol–water partition coefficient (Wildman–Crippen LogP) is 3.91. The first kappa shape index (κ1) is 19.0. The summed E-state index contributed by atoms with van der Waals surface area (Å²) in [7, 11) is 0. The number of carbonyl (C=O) groups is 2. The Hall–Kier alpha value is -2.73. The lowest BCUT2D eigenvalue weighted by Crippen LogP contribution is -2.21. The number of halogens is 1. The van der Waals surface area contributed by atoms with E-state index in [9.17, 15) is 9.59 Å². The van der Waals surface area contributed by atoms with Crippen molar-refractivity contribution < 1.29 is 23.8 Å². The number of nitrogens with one attached hydrogen (secondary N) is 1. The molecule has 142 valence electrons. The normalized spacial score (nSPS) is 12.9. The van der Waals surface area contributed by atoms with Crippen molar-refractivity contribution in [2.45, 2.75) is 20.3 Å². The number of amides is 1. The van der Waals surface area contributed by atoms with Gasteiger partial charge in [-0.25, -0.2) is 4.79 Å². The van der Waals surface area contributed by atoms with E-state index in [1.54, 1.807) is 0 Å². The molecule has 0 saturated heterocycles. The summed E-state index contributed by atoms with van der Waals surface area (Å²) in [5.74, 6) is -0.274. The summed E-state index contributed by atoms with van der Waals surface area (Å²) in [4.78, 5) is 24.4. The van der Waals surface area contributed by atoms with Gasteiger partial charge in [0.2, 0.25) is 0 Å². The minimum absolute atomic E-state index is 0.198. The number of hydrogen-bond acceptors (Lipinski definition) is 5. The van der Waals surface area contributed by atoms with Gasteiger partial charge in [-0.15, -0.1) is 0 Å². The van der Waals surface area contributed by atoms with Gasteiger partial charge in [0.25, 0.3) is 5.91 Å². The number of carbonyl (C=O) groups excluding carboxylic acids is 2. The molecule has 0 fully saturated rings. The lowest BCUT2D eigenvalue weighted by Gasteiger charge is -2.12. The standard InChI is InChI=1S/C20H20ClNO5/c1-12-4-5-16(13(2)8-12)22-18(23)11-27-20(24)14-9-15(21)19-17(10-14)25-6-3-7-26-19/h4-5,8-10H,3,6-7,11H2,1-2H3,(H,22,23). The molecule has 1 N–H and O–H groups in total. The highest BCUT2D eigenvalue weighted by atomic mass is 35.5. The largest absolute Gasteiger partial charge is 0.489 e. The van der Waals surface area contributed by atoms with E-state index in [1.165, 1.54) is 12.1 Å². The third kappa shape index (κ3) is 4.71. The minimum atomic E-state index is -0.664. The Labute approximate surface area is 162 Å². The quantitative estimate of drug-likeness (QED) is 0.802. The van der Waals surface area contributed by atoms with Gasteiger partial charge in [-0.1, -0.05) is 29.3 Å². The number of hydrogen-bond donors (Lipinski definition) is 1. The van der Waals surface area contributed by atoms with Crippen LogP contribution in [0.4, 0.5) is 5.69 Å². The van der Waals surface area contributed by atoms with Gasteiger partial charge < -0.3 is 19.5 Å². The fourth-order valence-corrected chi connectivity index (χ4v) is 2.97. The van der Waals surface area contributed by atoms with E-state index < -0.39 is 18.5 Å². The zero-order valence-corrected chi connectivity index (χ0v) is 15.9. The molecule has 0 aliphatic carbocycles. The van der Waals surface area contributed by atoms with Gasteiger partial charge >= 0.3 is 5.97 Å². The Kier molecular flexibility index (Phi) is 5.86. The number of rotatable bonds is 4. The van der Waals surface area contributed by atoms with Crippen molar-refractivity contribution in [2.24, 2.45) is 0 Å². The van der Waals surface area contributed by atoms with Crippen molar-refractivity contribution in [1.82, 2.24) is 0 Å². The molecule has 0 radical (unpaired) electrons. The minimum Gasteiger partial charge on any atom is -0.489 e. The van der Waals surface area contributed by atoms with E-state index in [4.69, 9.17) is 25.8 Å². The molecule has 0 unspecified atom stereocenters. The van der Waals surface area contributed by atoms with Gasteiger partial charge in [-0.05, 0) is 37.6 Å². The summed E-state index contributed by atoms with van der Waals surface area (Å²) < 4.78 is 16.2. The van der Waals surface area contributed by atoms with Crippen molar-refractivity contribution in [1.29, 1.82) is 0 Å². The topological polar surface area (TPSA) is 73.9 Å². The van der Waals surface area contributed by atoms with Crippen molar-refractivity contribution in [3.63, 3.8) is 0 Å². The van der Waals surface area contributed by atoms with E-state index in [0.717, 1.165) is 17.5 Å². The number of anilines is 1. The Morgan fingerprint density at radius 3 is 2.70 bits per heavy atom. The molecular weight excluding hydrogens is 370 g/mol. The summed E-state index contributed by atoms with van der Waals surface area (Å²) in [5, 5.41) is 2.99. The highest BCUT2D eigenvalue weighted by Gasteiger charge is 2.20. The van der Waals surface area contributed by atoms with Crippen LogP contribution in [0.15, 0.2) is 30.3 Å². The molecule has 1 aliphatic heterocycles. The van der Waals surface area contributed by atoms with E-state index >= 15 is 0 Å². The fraction of sp³-hybridized carbons (Fsp3) is 0.300. The molecule has 1 amide bonds. The van der Waals surface area contributed by atoms with Crippen LogP contribution in [-0.4, -0.2) is 31.7 Å². The smallest absolute Gasteiger partial charge is 0.338 e. The van der Waals surface area contributed by atoms with Gasteiger partial charge in [0, 0.05) is 12.1 Å². The van der Waals surface area contributed by atoms with Crippen LogP contribution in [0.3, 0.4) is 0 Å². The molecule has 0 spiro atoms. The van der Waals surface area contributed by atoms with Crippen LogP contribution in [0.1, 0.15) is 27.9 Å². The average molecular weight is 390 g/mol. The molecule has 1 heterocycles. The van der Waals surface area contributed by atoms with Crippen LogP contribution in [0.2, 0.25) is 5.02 Å². The summed E-state index contributed by atoms with van der Waals surface area (Å²) in [6, 6.07) is 8.63. The first-order chi connectivity index (χ1) is 12.9. The van der Waals surface area contributed by atoms with Gasteiger partial charge in [-0.3, -0.25) is 4.79 Å². The lowest BCUT2D eigenvalue weighted by atomic mass is 10.1. The van der Waals surface area contributed by atoms with Gasteiger partial charge in [0.05, 0.1) is 23.8 Å². The second kappa shape index (κ2) is 8.31. The number of ether oxygens (including phenoxy) is 3. The van der Waals surface area contributed by atoms with Gasteiger partial charge in [0.15, 0.2) is 18.1 Å². The van der Waals surface area contributed by atoms with E-state index in [1.807, 2.05) is 32.0 Å². The molecule has 0 saturated carbocycles. The number of esters is 1. The molecule has 0 atom stereocenters. The first-order valence-electron chi connectivity index (χ1n) is 8.57. The van der Waals surface area contributed by atoms with Crippen molar-refractivity contribution in [3.8, 4) is 11.5 Å². The molecule has 0 aromatic heterocycles. The van der Waals surface area contributed by atoms with Crippen molar-refractivity contribution in [3.05, 3.63) is 52.0 Å². The molecule has 2 aromatic carbocycles. The van der Waals surface area contributed by atoms with Gasteiger partial charge in [-0.2, -0.15) is 0 Å². The lowest BCUT2D eigenvalue weighted by molar-refractivity contribution is -0.119. The van der Waals surface area contributed by atoms with Crippen LogP contribution >= 0.6 is 11.6 Å². The first-order valence-corrected chi connectivity index (χ1v) is 8.95. The van der Waals surface area contributed by atoms with Crippen LogP contribution in [0, 0.1) is 13.8 Å².